The van der Waals surface area contributed by atoms with Crippen LogP contribution in [0.25, 0.3) is 0 Å². The maximum absolute atomic E-state index is 11.1. The topological polar surface area (TPSA) is 29.1 Å². The normalized spacial score (nSPS) is 20.5. The van der Waals surface area contributed by atoms with Crippen LogP contribution in [0.5, 0.6) is 0 Å². The molecule has 13 heavy (non-hydrogen) atoms. The number of amides is 1. The van der Waals surface area contributed by atoms with Crippen molar-refractivity contribution in [2.45, 2.75) is 13.8 Å². The fourth-order valence-electron chi connectivity index (χ4n) is 1.50. The quantitative estimate of drug-likeness (QED) is 0.640. The molecule has 0 saturated carbocycles. The zero-order chi connectivity index (χ0) is 10.0. The summed E-state index contributed by atoms with van der Waals surface area (Å²) in [5.74, 6) is 0.326. The van der Waals surface area contributed by atoms with E-state index in [4.69, 9.17) is 0 Å². The van der Waals surface area contributed by atoms with Crippen LogP contribution in [0.4, 0.5) is 0 Å². The van der Waals surface area contributed by atoms with Crippen molar-refractivity contribution in [3.05, 3.63) is 36.0 Å². The van der Waals surface area contributed by atoms with Crippen molar-refractivity contribution in [2.24, 2.45) is 5.92 Å². The van der Waals surface area contributed by atoms with Gasteiger partial charge in [0.25, 0.3) is 5.91 Å². The fraction of sp³-hybridized carbons (Fsp3) is 0.364. The highest BCUT2D eigenvalue weighted by atomic mass is 16.2. The first-order valence-corrected chi connectivity index (χ1v) is 4.41. The Hall–Kier alpha value is -1.31. The number of allylic oxidation sites excluding steroid dienone is 2. The Morgan fingerprint density at radius 1 is 1.62 bits per heavy atom. The number of hydrogen-bond donors (Lipinski definition) is 1. The van der Waals surface area contributed by atoms with Gasteiger partial charge in [0.15, 0.2) is 0 Å². The van der Waals surface area contributed by atoms with E-state index in [1.54, 1.807) is 0 Å². The molecule has 0 aromatic carbocycles. The zero-order valence-electron chi connectivity index (χ0n) is 8.18. The molecule has 1 fully saturated rings. The Labute approximate surface area is 79.0 Å². The van der Waals surface area contributed by atoms with Gasteiger partial charge in [-0.05, 0) is 17.1 Å². The summed E-state index contributed by atoms with van der Waals surface area (Å²) >= 11 is 0. The first-order chi connectivity index (χ1) is 6.07. The highest BCUT2D eigenvalue weighted by molar-refractivity contribution is 6.01. The van der Waals surface area contributed by atoms with E-state index < -0.39 is 0 Å². The first-order valence-electron chi connectivity index (χ1n) is 4.41. The maximum atomic E-state index is 11.1. The number of hydrogen-bond acceptors (Lipinski definition) is 1. The Kier molecular flexibility index (Phi) is 2.71. The predicted molar refractivity (Wildman–Crippen MR) is 54.2 cm³/mol. The van der Waals surface area contributed by atoms with E-state index in [1.165, 1.54) is 0 Å². The summed E-state index contributed by atoms with van der Waals surface area (Å²) in [5, 5.41) is 2.74. The maximum Gasteiger partial charge on any atom is 0.251 e. The standard InChI is InChI=1S/C11H15NO/c1-5-9(7(2)3)10-6-12-11(13)8(10)4/h5,7H,1,4,6H2,2-3H3,(H,12,13)/b10-9+. The van der Waals surface area contributed by atoms with Gasteiger partial charge in [-0.2, -0.15) is 0 Å². The Bertz CT molecular complexity index is 297. The lowest BCUT2D eigenvalue weighted by atomic mass is 9.95. The summed E-state index contributed by atoms with van der Waals surface area (Å²) in [6.07, 6.45) is 1.81. The van der Waals surface area contributed by atoms with Gasteiger partial charge in [0.2, 0.25) is 0 Å². The smallest absolute Gasteiger partial charge is 0.251 e. The van der Waals surface area contributed by atoms with Crippen LogP contribution >= 0.6 is 0 Å². The largest absolute Gasteiger partial charge is 0.348 e. The molecule has 0 radical (unpaired) electrons. The van der Waals surface area contributed by atoms with Gasteiger partial charge in [-0.15, -0.1) is 0 Å². The molecule has 0 spiro atoms. The van der Waals surface area contributed by atoms with Crippen LogP contribution in [0, 0.1) is 5.92 Å². The summed E-state index contributed by atoms with van der Waals surface area (Å²) in [6, 6.07) is 0. The summed E-state index contributed by atoms with van der Waals surface area (Å²) < 4.78 is 0. The minimum absolute atomic E-state index is 0.0602. The average molecular weight is 177 g/mol. The highest BCUT2D eigenvalue weighted by Gasteiger charge is 2.22. The van der Waals surface area contributed by atoms with Crippen LogP contribution in [0.3, 0.4) is 0 Å². The molecule has 0 unspecified atom stereocenters. The van der Waals surface area contributed by atoms with E-state index in [9.17, 15) is 4.79 Å². The van der Waals surface area contributed by atoms with Crippen LogP contribution in [0.2, 0.25) is 0 Å². The van der Waals surface area contributed by atoms with Crippen molar-refractivity contribution < 1.29 is 4.79 Å². The molecule has 0 bridgehead atoms. The second kappa shape index (κ2) is 3.60. The van der Waals surface area contributed by atoms with Gasteiger partial charge in [-0.1, -0.05) is 33.1 Å². The van der Waals surface area contributed by atoms with E-state index >= 15 is 0 Å². The SMILES string of the molecule is C=C/C(=C1/CNC(=O)C1=C)C(C)C. The van der Waals surface area contributed by atoms with Crippen molar-refractivity contribution in [3.8, 4) is 0 Å². The van der Waals surface area contributed by atoms with E-state index in [1.807, 2.05) is 6.08 Å². The van der Waals surface area contributed by atoms with E-state index in [-0.39, 0.29) is 5.91 Å². The van der Waals surface area contributed by atoms with Crippen molar-refractivity contribution in [2.75, 3.05) is 6.54 Å². The second-order valence-electron chi connectivity index (χ2n) is 3.45. The number of carbonyl (C=O) groups is 1. The van der Waals surface area contributed by atoms with Crippen molar-refractivity contribution >= 4 is 5.91 Å². The van der Waals surface area contributed by atoms with E-state index in [0.717, 1.165) is 11.1 Å². The van der Waals surface area contributed by atoms with Crippen LogP contribution < -0.4 is 5.32 Å². The molecule has 1 aliphatic rings. The molecule has 1 aliphatic heterocycles. The minimum atomic E-state index is -0.0602. The molecule has 0 aromatic heterocycles. The number of carbonyl (C=O) groups excluding carboxylic acids is 1. The third-order valence-corrected chi connectivity index (χ3v) is 2.25. The Morgan fingerprint density at radius 3 is 2.54 bits per heavy atom. The molecular formula is C11H15NO. The van der Waals surface area contributed by atoms with Crippen LogP contribution in [-0.4, -0.2) is 12.5 Å². The minimum Gasteiger partial charge on any atom is -0.348 e. The summed E-state index contributed by atoms with van der Waals surface area (Å²) in [4.78, 5) is 11.1. The second-order valence-corrected chi connectivity index (χ2v) is 3.45. The number of nitrogens with one attached hydrogen (secondary N) is 1. The molecule has 1 amide bonds. The van der Waals surface area contributed by atoms with Gasteiger partial charge in [0.1, 0.15) is 0 Å². The van der Waals surface area contributed by atoms with Gasteiger partial charge in [0.05, 0.1) is 0 Å². The van der Waals surface area contributed by atoms with Gasteiger partial charge < -0.3 is 5.32 Å². The third-order valence-electron chi connectivity index (χ3n) is 2.25. The van der Waals surface area contributed by atoms with Gasteiger partial charge in [-0.3, -0.25) is 4.79 Å². The van der Waals surface area contributed by atoms with Gasteiger partial charge >= 0.3 is 0 Å². The fourth-order valence-corrected chi connectivity index (χ4v) is 1.50. The molecule has 0 atom stereocenters. The average Bonchev–Trinajstić information content (AvgIpc) is 2.37. The molecule has 1 rings (SSSR count). The zero-order valence-corrected chi connectivity index (χ0v) is 8.18. The Balaban J connectivity index is 3.09. The van der Waals surface area contributed by atoms with Crippen LogP contribution in [-0.2, 0) is 4.79 Å². The van der Waals surface area contributed by atoms with Gasteiger partial charge in [-0.25, -0.2) is 0 Å². The monoisotopic (exact) mass is 177 g/mol. The first kappa shape index (κ1) is 9.78. The molecule has 1 heterocycles. The molecule has 0 aromatic rings. The molecular weight excluding hydrogens is 162 g/mol. The van der Waals surface area contributed by atoms with Crippen LogP contribution in [0.15, 0.2) is 36.0 Å². The lowest BCUT2D eigenvalue weighted by Crippen LogP contribution is -2.13. The van der Waals surface area contributed by atoms with E-state index in [0.29, 0.717) is 18.0 Å². The lowest BCUT2D eigenvalue weighted by molar-refractivity contribution is -0.116. The van der Waals surface area contributed by atoms with Crippen LogP contribution in [0.1, 0.15) is 13.8 Å². The van der Waals surface area contributed by atoms with Crippen molar-refractivity contribution in [1.29, 1.82) is 0 Å². The highest BCUT2D eigenvalue weighted by Crippen LogP contribution is 2.23. The molecule has 0 aliphatic carbocycles. The molecule has 70 valence electrons. The molecule has 2 nitrogen and oxygen atoms in total. The van der Waals surface area contributed by atoms with Gasteiger partial charge in [0, 0.05) is 12.1 Å². The summed E-state index contributed by atoms with van der Waals surface area (Å²) in [5.41, 5.74) is 2.71. The third kappa shape index (κ3) is 1.72. The summed E-state index contributed by atoms with van der Waals surface area (Å²) in [6.45, 7) is 12.3. The lowest BCUT2D eigenvalue weighted by Gasteiger charge is -2.09. The Morgan fingerprint density at radius 2 is 2.23 bits per heavy atom. The summed E-state index contributed by atoms with van der Waals surface area (Å²) in [7, 11) is 0. The molecule has 1 saturated heterocycles. The molecule has 2 heteroatoms. The predicted octanol–water partition coefficient (Wildman–Crippen LogP) is 1.81. The van der Waals surface area contributed by atoms with E-state index in [2.05, 4.69) is 32.3 Å². The molecule has 1 N–H and O–H groups in total. The van der Waals surface area contributed by atoms with Crippen molar-refractivity contribution in [3.63, 3.8) is 0 Å². The number of rotatable bonds is 2. The van der Waals surface area contributed by atoms with Crippen molar-refractivity contribution in [1.82, 2.24) is 5.32 Å².